The predicted molar refractivity (Wildman–Crippen MR) is 180 cm³/mol. The molecule has 9 nitrogen and oxygen atoms in total. The van der Waals surface area contributed by atoms with Gasteiger partial charge in [-0.1, -0.05) is 32.8 Å². The number of aliphatic hydroxyl groups is 3. The molecule has 1 aromatic heterocycles. The summed E-state index contributed by atoms with van der Waals surface area (Å²) in [6.45, 7) is 8.59. The summed E-state index contributed by atoms with van der Waals surface area (Å²) in [6, 6.07) is 5.31. The fourth-order valence-corrected chi connectivity index (χ4v) is 11.7. The van der Waals surface area contributed by atoms with Crippen LogP contribution >= 0.6 is 0 Å². The minimum absolute atomic E-state index is 0.00370. The number of aliphatic hydroxyl groups excluding tert-OH is 3. The molecule has 1 aromatic carbocycles. The van der Waals surface area contributed by atoms with Crippen LogP contribution in [0.3, 0.4) is 0 Å². The molecule has 8 rings (SSSR count). The van der Waals surface area contributed by atoms with E-state index < -0.39 is 36.1 Å². The molecule has 4 aliphatic carbocycles. The molecule has 5 fully saturated rings. The lowest BCUT2D eigenvalue weighted by Crippen LogP contribution is -3.11. The second-order valence-corrected chi connectivity index (χ2v) is 16.6. The topological polar surface area (TPSA) is 118 Å². The third-order valence-corrected chi connectivity index (χ3v) is 14.1. The Balaban J connectivity index is 1.07. The lowest BCUT2D eigenvalue weighted by molar-refractivity contribution is -0.920. The molecule has 266 valence electrons. The number of aromatic nitrogens is 2. The van der Waals surface area contributed by atoms with Gasteiger partial charge >= 0.3 is 0 Å². The van der Waals surface area contributed by atoms with Crippen LogP contribution in [0.2, 0.25) is 0 Å². The fraction of sp³-hybridized carbons (Fsp3) is 0.692. The fourth-order valence-electron chi connectivity index (χ4n) is 11.7. The zero-order valence-electron chi connectivity index (χ0n) is 29.2. The monoisotopic (exact) mass is 678 g/mol. The summed E-state index contributed by atoms with van der Waals surface area (Å²) in [6.07, 6.45) is 9.85. The molecule has 0 amide bonds. The summed E-state index contributed by atoms with van der Waals surface area (Å²) >= 11 is 0. The van der Waals surface area contributed by atoms with Crippen LogP contribution < -0.4 is 4.90 Å². The number of nitrogens with zero attached hydrogens (tertiary/aromatic N) is 2. The number of hydrogen-bond acceptors (Lipinski definition) is 7. The van der Waals surface area contributed by atoms with Crippen molar-refractivity contribution in [3.05, 3.63) is 52.6 Å². The van der Waals surface area contributed by atoms with Gasteiger partial charge in [0.05, 0.1) is 42.9 Å². The van der Waals surface area contributed by atoms with E-state index in [4.69, 9.17) is 14.6 Å². The Morgan fingerprint density at radius 1 is 1.18 bits per heavy atom. The molecule has 49 heavy (non-hydrogen) atoms. The first-order valence-electron chi connectivity index (χ1n) is 18.7. The van der Waals surface area contributed by atoms with Gasteiger partial charge in [0, 0.05) is 30.4 Å². The Kier molecular flexibility index (Phi) is 8.48. The van der Waals surface area contributed by atoms with Crippen molar-refractivity contribution in [1.82, 2.24) is 9.78 Å². The molecule has 2 aromatic rings. The Morgan fingerprint density at radius 3 is 2.71 bits per heavy atom. The number of halogens is 1. The number of nitrogens with one attached hydrogen (secondary N) is 1. The van der Waals surface area contributed by atoms with Crippen molar-refractivity contribution in [3.63, 3.8) is 0 Å². The summed E-state index contributed by atoms with van der Waals surface area (Å²) in [5, 5.41) is 36.7. The Labute approximate surface area is 288 Å². The summed E-state index contributed by atoms with van der Waals surface area (Å²) in [5.41, 5.74) is 2.86. The second kappa shape index (κ2) is 12.3. The van der Waals surface area contributed by atoms with Gasteiger partial charge in [-0.05, 0) is 97.5 Å². The molecule has 0 bridgehead atoms. The molecular weight excluding hydrogens is 625 g/mol. The third kappa shape index (κ3) is 4.99. The van der Waals surface area contributed by atoms with E-state index in [2.05, 4.69) is 26.8 Å². The number of benzene rings is 1. The number of ketones is 1. The minimum Gasteiger partial charge on any atom is -0.396 e. The largest absolute Gasteiger partial charge is 0.396 e. The molecule has 3 saturated carbocycles. The highest BCUT2D eigenvalue weighted by Crippen LogP contribution is 2.70. The molecule has 0 radical (unpaired) electrons. The molecule has 0 unspecified atom stereocenters. The lowest BCUT2D eigenvalue weighted by atomic mass is 9.45. The van der Waals surface area contributed by atoms with Crippen molar-refractivity contribution in [2.45, 2.75) is 109 Å². The van der Waals surface area contributed by atoms with Crippen LogP contribution in [0.4, 0.5) is 4.39 Å². The molecule has 4 N–H and O–H groups in total. The van der Waals surface area contributed by atoms with Gasteiger partial charge in [-0.25, -0.2) is 9.07 Å². The van der Waals surface area contributed by atoms with Crippen LogP contribution in [0.15, 0.2) is 30.0 Å². The average molecular weight is 679 g/mol. The number of hydrogen-bond donors (Lipinski definition) is 4. The first-order valence-corrected chi connectivity index (χ1v) is 18.7. The van der Waals surface area contributed by atoms with Gasteiger partial charge in [-0.15, -0.1) is 0 Å². The molecule has 0 spiro atoms. The molecule has 3 heterocycles. The van der Waals surface area contributed by atoms with Gasteiger partial charge in [-0.2, -0.15) is 5.10 Å². The standard InChI is InChI=1S/C39H52FN3O6/c1-4-5-35-48-34-16-29-28-8-6-26-15-31-25(17-37(26,2)36(28)32(46)18-38(29,3)39(34,49-35)33(47)22-45)19-41-43(31)27-7-9-30(40)24(14-27)20-42-12-10-23(21-44)11-13-42/h7,9,14-15,19,23,28-29,32,34-36,44-46H,4-6,8,10-13,16-18,20-22H2,1-3H3/p+1/t28-,29-,32-,34+,35-,36+,37-,38-,39+/m0/s1. The number of rotatable bonds is 8. The zero-order chi connectivity index (χ0) is 34.3. The molecule has 9 atom stereocenters. The van der Waals surface area contributed by atoms with Crippen molar-refractivity contribution in [1.29, 1.82) is 0 Å². The maximum atomic E-state index is 15.1. The third-order valence-electron chi connectivity index (χ3n) is 14.1. The maximum Gasteiger partial charge on any atom is 0.193 e. The van der Waals surface area contributed by atoms with Crippen LogP contribution in [0.25, 0.3) is 11.8 Å². The van der Waals surface area contributed by atoms with Gasteiger partial charge in [0.1, 0.15) is 19.0 Å². The van der Waals surface area contributed by atoms with Gasteiger partial charge in [0.15, 0.2) is 17.7 Å². The van der Waals surface area contributed by atoms with Gasteiger partial charge in [0.2, 0.25) is 0 Å². The van der Waals surface area contributed by atoms with Crippen molar-refractivity contribution < 1.29 is 38.9 Å². The van der Waals surface area contributed by atoms with E-state index in [0.29, 0.717) is 37.3 Å². The van der Waals surface area contributed by atoms with Crippen LogP contribution in [-0.2, 0) is 27.2 Å². The summed E-state index contributed by atoms with van der Waals surface area (Å²) in [7, 11) is 0. The van der Waals surface area contributed by atoms with E-state index in [1.54, 1.807) is 6.07 Å². The lowest BCUT2D eigenvalue weighted by Gasteiger charge is -2.60. The van der Waals surface area contributed by atoms with Crippen LogP contribution in [0.1, 0.15) is 89.0 Å². The maximum absolute atomic E-state index is 15.1. The van der Waals surface area contributed by atoms with Crippen LogP contribution in [-0.4, -0.2) is 81.3 Å². The van der Waals surface area contributed by atoms with Crippen LogP contribution in [0, 0.1) is 40.3 Å². The van der Waals surface area contributed by atoms with E-state index in [1.807, 2.05) is 23.0 Å². The molecule has 2 saturated heterocycles. The highest BCUT2D eigenvalue weighted by Gasteiger charge is 2.75. The number of fused-ring (bicyclic) bond motifs is 8. The van der Waals surface area contributed by atoms with E-state index >= 15 is 4.39 Å². The minimum atomic E-state index is -1.23. The number of Topliss-reactive ketones (excluding diaryl/α,β-unsaturated/α-hetero) is 1. The van der Waals surface area contributed by atoms with Gasteiger partial charge < -0.3 is 29.7 Å². The smallest absolute Gasteiger partial charge is 0.193 e. The number of carbonyl (C=O) groups is 1. The number of carbonyl (C=O) groups excluding carboxylic acids is 1. The van der Waals surface area contributed by atoms with E-state index in [1.165, 1.54) is 10.5 Å². The quantitative estimate of drug-likeness (QED) is 0.338. The molecule has 10 heteroatoms. The number of quaternary nitrogens is 1. The number of allylic oxidation sites excluding steroid dienone is 1. The average Bonchev–Trinajstić information content (AvgIpc) is 3.73. The van der Waals surface area contributed by atoms with Crippen molar-refractivity contribution in [2.24, 2.45) is 34.5 Å². The van der Waals surface area contributed by atoms with E-state index in [0.717, 1.165) is 68.6 Å². The first kappa shape index (κ1) is 33.7. The zero-order valence-corrected chi connectivity index (χ0v) is 29.2. The van der Waals surface area contributed by atoms with E-state index in [-0.39, 0.29) is 41.4 Å². The number of likely N-dealkylation sites (tertiary alicyclic amines) is 1. The second-order valence-electron chi connectivity index (χ2n) is 16.6. The van der Waals surface area contributed by atoms with Gasteiger partial charge in [0.25, 0.3) is 0 Å². The molecule has 6 aliphatic rings. The van der Waals surface area contributed by atoms with Gasteiger partial charge in [-0.3, -0.25) is 4.79 Å². The molecule has 2 aliphatic heterocycles. The molecular formula is C39H53FN3O6+. The highest BCUT2D eigenvalue weighted by molar-refractivity contribution is 5.91. The Bertz CT molecular complexity index is 1640. The summed E-state index contributed by atoms with van der Waals surface area (Å²) in [4.78, 5) is 15.0. The van der Waals surface area contributed by atoms with Crippen molar-refractivity contribution >= 4 is 11.9 Å². The highest BCUT2D eigenvalue weighted by atomic mass is 19.1. The normalized spacial score (nSPS) is 40.9. The van der Waals surface area contributed by atoms with Crippen molar-refractivity contribution in [2.75, 3.05) is 26.3 Å². The predicted octanol–water partition coefficient (Wildman–Crippen LogP) is 3.40. The summed E-state index contributed by atoms with van der Waals surface area (Å²) in [5.74, 6) is 0.155. The number of ether oxygens (including phenoxy) is 2. The van der Waals surface area contributed by atoms with E-state index in [9.17, 15) is 20.1 Å². The Hall–Kier alpha value is -2.47. The number of piperidine rings is 1. The SMILES string of the molecule is CCC[C@H]1O[C@@H]2C[C@H]3[C@@H]4CCC5=Cc6c(cnn6-c6ccc(F)c(C[NH+]7CCC(CO)CC7)c6)C[C@]5(C)[C@H]4[C@@H](O)C[C@]3(C)[C@]2(C(=O)CO)O1. The van der Waals surface area contributed by atoms with Crippen LogP contribution in [0.5, 0.6) is 0 Å². The van der Waals surface area contributed by atoms with Crippen molar-refractivity contribution in [3.8, 4) is 5.69 Å². The summed E-state index contributed by atoms with van der Waals surface area (Å²) < 4.78 is 30.0. The first-order chi connectivity index (χ1) is 23.6. The Morgan fingerprint density at radius 2 is 1.98 bits per heavy atom.